The molecule has 1 aromatic carbocycles. The average Bonchev–Trinajstić information content (AvgIpc) is 2.79. The number of nitrogens with zero attached hydrogens (tertiary/aromatic N) is 1. The van der Waals surface area contributed by atoms with Crippen LogP contribution < -0.4 is 5.32 Å². The Balaban J connectivity index is 2.06. The van der Waals surface area contributed by atoms with E-state index in [9.17, 15) is 0 Å². The number of hydrogen-bond acceptors (Lipinski definition) is 3. The number of benzene rings is 1. The van der Waals surface area contributed by atoms with Gasteiger partial charge < -0.3 is 5.32 Å². The van der Waals surface area contributed by atoms with Gasteiger partial charge in [0.25, 0.3) is 0 Å². The minimum atomic E-state index is 0.370. The highest BCUT2D eigenvalue weighted by Crippen LogP contribution is 2.26. The van der Waals surface area contributed by atoms with E-state index >= 15 is 0 Å². The van der Waals surface area contributed by atoms with Gasteiger partial charge in [0, 0.05) is 33.9 Å². The summed E-state index contributed by atoms with van der Waals surface area (Å²) >= 11 is 7.84. The predicted molar refractivity (Wildman–Crippen MR) is 93.2 cm³/mol. The molecular weight excluding hydrogens is 300 g/mol. The number of hydrogen-bond donors (Lipinski definition) is 1. The van der Waals surface area contributed by atoms with Crippen LogP contribution in [0.2, 0.25) is 5.02 Å². The topological polar surface area (TPSA) is 15.3 Å². The smallest absolute Gasteiger partial charge is 0.0406 e. The lowest BCUT2D eigenvalue weighted by atomic mass is 10.1. The van der Waals surface area contributed by atoms with Gasteiger partial charge in [-0.05, 0) is 57.3 Å². The minimum absolute atomic E-state index is 0.370. The summed E-state index contributed by atoms with van der Waals surface area (Å²) in [4.78, 5) is 5.19. The Bertz CT molecular complexity index is 577. The maximum absolute atomic E-state index is 5.96. The molecule has 1 aromatic heterocycles. The van der Waals surface area contributed by atoms with Crippen molar-refractivity contribution in [3.63, 3.8) is 0 Å². The molecule has 0 saturated heterocycles. The zero-order valence-electron chi connectivity index (χ0n) is 13.1. The van der Waals surface area contributed by atoms with Crippen molar-refractivity contribution in [2.45, 2.75) is 33.0 Å². The van der Waals surface area contributed by atoms with Crippen LogP contribution in [-0.2, 0) is 13.1 Å². The van der Waals surface area contributed by atoms with Gasteiger partial charge in [0.05, 0.1) is 0 Å². The average molecular weight is 323 g/mol. The second-order valence-electron chi connectivity index (χ2n) is 5.47. The first kappa shape index (κ1) is 16.5. The van der Waals surface area contributed by atoms with E-state index in [0.29, 0.717) is 6.04 Å². The van der Waals surface area contributed by atoms with E-state index < -0.39 is 0 Å². The third-order valence-corrected chi connectivity index (χ3v) is 5.20. The van der Waals surface area contributed by atoms with Crippen LogP contribution in [0.3, 0.4) is 0 Å². The number of halogens is 1. The molecule has 0 aliphatic heterocycles. The largest absolute Gasteiger partial charge is 0.315 e. The van der Waals surface area contributed by atoms with Crippen molar-refractivity contribution < 1.29 is 0 Å². The van der Waals surface area contributed by atoms with E-state index in [-0.39, 0.29) is 0 Å². The molecule has 21 heavy (non-hydrogen) atoms. The molecule has 2 aromatic rings. The van der Waals surface area contributed by atoms with Crippen LogP contribution in [-0.4, -0.2) is 19.0 Å². The van der Waals surface area contributed by atoms with E-state index in [1.165, 1.54) is 20.9 Å². The molecule has 0 fully saturated rings. The van der Waals surface area contributed by atoms with E-state index in [0.717, 1.165) is 18.1 Å². The van der Waals surface area contributed by atoms with Gasteiger partial charge in [0.15, 0.2) is 0 Å². The third kappa shape index (κ3) is 4.30. The molecule has 2 nitrogen and oxygen atoms in total. The molecule has 0 aliphatic rings. The standard InChI is InChI=1S/C17H23ClN2S/c1-12(14-5-7-16(18)8-6-14)20(4)11-15-9-17(10-19-3)21-13(15)2/h5-9,12,19H,10-11H2,1-4H3. The summed E-state index contributed by atoms with van der Waals surface area (Å²) in [5.74, 6) is 0. The highest BCUT2D eigenvalue weighted by atomic mass is 35.5. The van der Waals surface area contributed by atoms with E-state index in [4.69, 9.17) is 11.6 Å². The first-order valence-electron chi connectivity index (χ1n) is 7.19. The number of aryl methyl sites for hydroxylation is 1. The second kappa shape index (κ2) is 7.41. The Morgan fingerprint density at radius 1 is 1.29 bits per heavy atom. The highest BCUT2D eigenvalue weighted by Gasteiger charge is 2.14. The number of nitrogens with one attached hydrogen (secondary N) is 1. The van der Waals surface area contributed by atoms with Crippen LogP contribution in [0.25, 0.3) is 0 Å². The maximum Gasteiger partial charge on any atom is 0.0406 e. The quantitative estimate of drug-likeness (QED) is 0.834. The molecule has 4 heteroatoms. The number of rotatable bonds is 6. The van der Waals surface area contributed by atoms with Crippen molar-refractivity contribution in [2.24, 2.45) is 0 Å². The SMILES string of the molecule is CNCc1cc(CN(C)C(C)c2ccc(Cl)cc2)c(C)s1. The van der Waals surface area contributed by atoms with Crippen molar-refractivity contribution in [1.29, 1.82) is 0 Å². The van der Waals surface area contributed by atoms with Gasteiger partial charge in [-0.25, -0.2) is 0 Å². The van der Waals surface area contributed by atoms with Crippen LogP contribution in [0.4, 0.5) is 0 Å². The zero-order valence-corrected chi connectivity index (χ0v) is 14.7. The molecular formula is C17H23ClN2S. The first-order chi connectivity index (χ1) is 10.0. The summed E-state index contributed by atoms with van der Waals surface area (Å²) in [5.41, 5.74) is 2.72. The van der Waals surface area contributed by atoms with Gasteiger partial charge in [0.2, 0.25) is 0 Å². The molecule has 0 amide bonds. The van der Waals surface area contributed by atoms with Crippen molar-refractivity contribution >= 4 is 22.9 Å². The van der Waals surface area contributed by atoms with Crippen LogP contribution in [0.5, 0.6) is 0 Å². The van der Waals surface area contributed by atoms with Crippen LogP contribution in [0.15, 0.2) is 30.3 Å². The summed E-state index contributed by atoms with van der Waals surface area (Å²) in [7, 11) is 4.16. The monoisotopic (exact) mass is 322 g/mol. The number of thiophene rings is 1. The van der Waals surface area contributed by atoms with Crippen LogP contribution in [0.1, 0.15) is 33.8 Å². The molecule has 0 aliphatic carbocycles. The molecule has 1 heterocycles. The highest BCUT2D eigenvalue weighted by molar-refractivity contribution is 7.12. The molecule has 0 bridgehead atoms. The Hall–Kier alpha value is -0.870. The summed E-state index contributed by atoms with van der Waals surface area (Å²) in [6.07, 6.45) is 0. The molecule has 0 spiro atoms. The fraction of sp³-hybridized carbons (Fsp3) is 0.412. The summed E-state index contributed by atoms with van der Waals surface area (Å²) in [6, 6.07) is 10.8. The van der Waals surface area contributed by atoms with Gasteiger partial charge in [-0.15, -0.1) is 11.3 Å². The van der Waals surface area contributed by atoms with Crippen molar-refractivity contribution in [2.75, 3.05) is 14.1 Å². The molecule has 0 radical (unpaired) electrons. The van der Waals surface area contributed by atoms with E-state index in [2.05, 4.69) is 49.3 Å². The Labute approximate surface area is 136 Å². The van der Waals surface area contributed by atoms with E-state index in [1.54, 1.807) is 0 Å². The van der Waals surface area contributed by atoms with Crippen molar-refractivity contribution in [3.8, 4) is 0 Å². The zero-order chi connectivity index (χ0) is 15.4. The summed E-state index contributed by atoms with van der Waals surface area (Å²) in [5, 5.41) is 4.01. The van der Waals surface area contributed by atoms with Gasteiger partial charge in [-0.1, -0.05) is 23.7 Å². The molecule has 0 saturated carbocycles. The fourth-order valence-electron chi connectivity index (χ4n) is 2.41. The van der Waals surface area contributed by atoms with E-state index in [1.807, 2.05) is 30.5 Å². The third-order valence-electron chi connectivity index (χ3n) is 3.86. The fourth-order valence-corrected chi connectivity index (χ4v) is 3.60. The van der Waals surface area contributed by atoms with Crippen LogP contribution >= 0.6 is 22.9 Å². The minimum Gasteiger partial charge on any atom is -0.315 e. The molecule has 1 N–H and O–H groups in total. The van der Waals surface area contributed by atoms with Gasteiger partial charge >= 0.3 is 0 Å². The summed E-state index contributed by atoms with van der Waals surface area (Å²) in [6.45, 7) is 6.36. The Morgan fingerprint density at radius 2 is 1.95 bits per heavy atom. The maximum atomic E-state index is 5.96. The molecule has 114 valence electrons. The van der Waals surface area contributed by atoms with Crippen molar-refractivity contribution in [1.82, 2.24) is 10.2 Å². The Kier molecular flexibility index (Phi) is 5.82. The normalized spacial score (nSPS) is 12.9. The lowest BCUT2D eigenvalue weighted by Crippen LogP contribution is -2.22. The second-order valence-corrected chi connectivity index (χ2v) is 7.24. The van der Waals surface area contributed by atoms with Crippen LogP contribution in [0, 0.1) is 6.92 Å². The first-order valence-corrected chi connectivity index (χ1v) is 8.39. The molecule has 1 unspecified atom stereocenters. The summed E-state index contributed by atoms with van der Waals surface area (Å²) < 4.78 is 0. The lowest BCUT2D eigenvalue weighted by Gasteiger charge is -2.25. The molecule has 2 rings (SSSR count). The van der Waals surface area contributed by atoms with Gasteiger partial charge in [-0.2, -0.15) is 0 Å². The Morgan fingerprint density at radius 3 is 2.57 bits per heavy atom. The molecule has 1 atom stereocenters. The van der Waals surface area contributed by atoms with Gasteiger partial charge in [-0.3, -0.25) is 4.90 Å². The van der Waals surface area contributed by atoms with Crippen molar-refractivity contribution in [3.05, 3.63) is 56.2 Å². The van der Waals surface area contributed by atoms with Gasteiger partial charge in [0.1, 0.15) is 0 Å². The lowest BCUT2D eigenvalue weighted by molar-refractivity contribution is 0.253. The predicted octanol–water partition coefficient (Wildman–Crippen LogP) is 4.62.